The van der Waals surface area contributed by atoms with Gasteiger partial charge in [0.15, 0.2) is 0 Å². The maximum absolute atomic E-state index is 5.81. The lowest BCUT2D eigenvalue weighted by atomic mass is 9.77. The Morgan fingerprint density at radius 3 is 1.00 bits per heavy atom. The molecule has 0 rings (SSSR count). The van der Waals surface area contributed by atoms with Gasteiger partial charge in [0.2, 0.25) is 0 Å². The minimum atomic E-state index is -0.0625. The van der Waals surface area contributed by atoms with E-state index in [4.69, 9.17) is 5.73 Å². The molecule has 0 saturated carbocycles. The van der Waals surface area contributed by atoms with Crippen molar-refractivity contribution in [3.8, 4) is 0 Å². The largest absolute Gasteiger partial charge is 0.325 e. The van der Waals surface area contributed by atoms with Gasteiger partial charge in [0.25, 0.3) is 0 Å². The van der Waals surface area contributed by atoms with Gasteiger partial charge in [0.1, 0.15) is 0 Å². The van der Waals surface area contributed by atoms with Crippen molar-refractivity contribution in [2.75, 3.05) is 0 Å². The van der Waals surface area contributed by atoms with Gasteiger partial charge < -0.3 is 5.73 Å². The summed E-state index contributed by atoms with van der Waals surface area (Å²) in [5, 5.41) is 0. The maximum Gasteiger partial charge on any atom is 0.0146 e. The van der Waals surface area contributed by atoms with Crippen LogP contribution < -0.4 is 5.73 Å². The molecule has 0 spiro atoms. The summed E-state index contributed by atoms with van der Waals surface area (Å²) >= 11 is 0. The van der Waals surface area contributed by atoms with Crippen LogP contribution in [0.3, 0.4) is 0 Å². The Hall–Kier alpha value is -0.0400. The predicted octanol–water partition coefficient (Wildman–Crippen LogP) is 3.04. The molecule has 0 atom stereocenters. The second-order valence-electron chi connectivity index (χ2n) is 3.97. The topological polar surface area (TPSA) is 26.0 Å². The van der Waals surface area contributed by atoms with Crippen LogP contribution >= 0.6 is 0 Å². The molecule has 0 fully saturated rings. The number of hydrogen-bond donors (Lipinski definition) is 1. The molecule has 0 aromatic carbocycles. The van der Waals surface area contributed by atoms with Crippen LogP contribution in [0.15, 0.2) is 0 Å². The number of hydrogen-bond acceptors (Lipinski definition) is 1. The molecule has 2 N–H and O–H groups in total. The van der Waals surface area contributed by atoms with Crippen molar-refractivity contribution < 1.29 is 1.43 Å². The van der Waals surface area contributed by atoms with Crippen LogP contribution in [-0.4, -0.2) is 5.54 Å². The molecule has 0 heterocycles. The molecule has 0 aliphatic heterocycles. The molecule has 0 aliphatic carbocycles. The van der Waals surface area contributed by atoms with Crippen molar-refractivity contribution >= 4 is 0 Å². The molecule has 1 heteroatoms. The molecule has 66 valence electrons. The van der Waals surface area contributed by atoms with E-state index < -0.39 is 0 Å². The van der Waals surface area contributed by atoms with Gasteiger partial charge in [-0.05, 0) is 19.3 Å². The third kappa shape index (κ3) is 4.80. The summed E-state index contributed by atoms with van der Waals surface area (Å²) < 4.78 is 0. The average molecular weight is 147 g/mol. The Labute approximate surface area is 67.5 Å². The van der Waals surface area contributed by atoms with Gasteiger partial charge in [-0.2, -0.15) is 0 Å². The fourth-order valence-electron chi connectivity index (χ4n) is 0. The number of nitrogens with two attached hydrogens (primary N) is 1. The smallest absolute Gasteiger partial charge is 0.0146 e. The predicted molar refractivity (Wildman–Crippen MR) is 51.2 cm³/mol. The third-order valence-corrected chi connectivity index (χ3v) is 1.93. The Kier molecular flexibility index (Phi) is 5.01. The maximum atomic E-state index is 5.81. The van der Waals surface area contributed by atoms with E-state index in [0.717, 1.165) is 0 Å². The van der Waals surface area contributed by atoms with E-state index in [1.807, 2.05) is 27.7 Å². The SMILES string of the molecule is CC.CC(C)(C)C(C)(C)N.[HH]. The Morgan fingerprint density at radius 1 is 0.900 bits per heavy atom. The summed E-state index contributed by atoms with van der Waals surface area (Å²) in [6.07, 6.45) is 0. The summed E-state index contributed by atoms with van der Waals surface area (Å²) in [5.74, 6) is 0. The van der Waals surface area contributed by atoms with Crippen molar-refractivity contribution in [1.82, 2.24) is 0 Å². The third-order valence-electron chi connectivity index (χ3n) is 1.93. The van der Waals surface area contributed by atoms with Gasteiger partial charge in [-0.15, -0.1) is 0 Å². The summed E-state index contributed by atoms with van der Waals surface area (Å²) in [4.78, 5) is 0. The zero-order chi connectivity index (χ0) is 9.00. The lowest BCUT2D eigenvalue weighted by Crippen LogP contribution is -2.45. The van der Waals surface area contributed by atoms with Gasteiger partial charge in [0.05, 0.1) is 0 Å². The van der Waals surface area contributed by atoms with E-state index in [1.54, 1.807) is 0 Å². The second kappa shape index (κ2) is 3.97. The Balaban J connectivity index is -0.000000196. The molecule has 0 amide bonds. The highest BCUT2D eigenvalue weighted by Crippen LogP contribution is 2.26. The van der Waals surface area contributed by atoms with Crippen molar-refractivity contribution in [2.45, 2.75) is 54.0 Å². The molecular formula is C9H25N. The normalized spacial score (nSPS) is 12.0. The fraction of sp³-hybridized carbons (Fsp3) is 1.00. The van der Waals surface area contributed by atoms with Gasteiger partial charge in [-0.3, -0.25) is 0 Å². The zero-order valence-electron chi connectivity index (χ0n) is 8.58. The molecule has 0 radical (unpaired) electrons. The average Bonchev–Trinajstić information content (AvgIpc) is 1.66. The molecule has 0 saturated heterocycles. The summed E-state index contributed by atoms with van der Waals surface area (Å²) in [5.41, 5.74) is 5.97. The quantitative estimate of drug-likeness (QED) is 0.560. The molecule has 1 nitrogen and oxygen atoms in total. The molecule has 0 bridgehead atoms. The van der Waals surface area contributed by atoms with Crippen LogP contribution in [0.5, 0.6) is 0 Å². The van der Waals surface area contributed by atoms with Gasteiger partial charge in [0, 0.05) is 6.97 Å². The standard InChI is InChI=1S/C7H17N.C2H6.H2/c1-6(2,3)7(4,5)8;1-2;/h8H2,1-5H3;1-2H3;1H. The van der Waals surface area contributed by atoms with Gasteiger partial charge in [-0.1, -0.05) is 34.6 Å². The molecule has 0 unspecified atom stereocenters. The second-order valence-corrected chi connectivity index (χ2v) is 3.97. The van der Waals surface area contributed by atoms with Crippen molar-refractivity contribution in [3.05, 3.63) is 0 Å². The Bertz CT molecular complexity index is 64.5. The molecular weight excluding hydrogens is 122 g/mol. The number of rotatable bonds is 0. The monoisotopic (exact) mass is 147 g/mol. The van der Waals surface area contributed by atoms with Crippen molar-refractivity contribution in [2.24, 2.45) is 11.1 Å². The van der Waals surface area contributed by atoms with Gasteiger partial charge in [-0.25, -0.2) is 0 Å². The summed E-state index contributed by atoms with van der Waals surface area (Å²) in [7, 11) is 0. The van der Waals surface area contributed by atoms with E-state index in [9.17, 15) is 0 Å². The van der Waals surface area contributed by atoms with Crippen molar-refractivity contribution in [3.63, 3.8) is 0 Å². The van der Waals surface area contributed by atoms with E-state index in [1.165, 1.54) is 0 Å². The summed E-state index contributed by atoms with van der Waals surface area (Å²) in [6, 6.07) is 0. The molecule has 0 aliphatic rings. The first kappa shape index (κ1) is 12.6. The van der Waals surface area contributed by atoms with E-state index in [2.05, 4.69) is 20.8 Å². The minimum Gasteiger partial charge on any atom is -0.325 e. The molecule has 0 aromatic heterocycles. The highest BCUT2D eigenvalue weighted by molar-refractivity contribution is 4.85. The lowest BCUT2D eigenvalue weighted by Gasteiger charge is -2.34. The first-order valence-electron chi connectivity index (χ1n) is 4.04. The molecule has 10 heavy (non-hydrogen) atoms. The van der Waals surface area contributed by atoms with Crippen LogP contribution in [0.4, 0.5) is 0 Å². The van der Waals surface area contributed by atoms with Crippen LogP contribution in [0.1, 0.15) is 49.9 Å². The fourth-order valence-corrected chi connectivity index (χ4v) is 0. The Morgan fingerprint density at radius 2 is 1.00 bits per heavy atom. The summed E-state index contributed by atoms with van der Waals surface area (Å²) in [6.45, 7) is 14.5. The van der Waals surface area contributed by atoms with E-state index in [0.29, 0.717) is 0 Å². The first-order valence-corrected chi connectivity index (χ1v) is 4.04. The van der Waals surface area contributed by atoms with E-state index >= 15 is 0 Å². The highest BCUT2D eigenvalue weighted by atomic mass is 14.7. The van der Waals surface area contributed by atoms with Crippen LogP contribution in [0, 0.1) is 5.41 Å². The zero-order valence-corrected chi connectivity index (χ0v) is 8.58. The van der Waals surface area contributed by atoms with Crippen LogP contribution in [0.25, 0.3) is 0 Å². The van der Waals surface area contributed by atoms with Crippen LogP contribution in [-0.2, 0) is 0 Å². The highest BCUT2D eigenvalue weighted by Gasteiger charge is 2.27. The van der Waals surface area contributed by atoms with E-state index in [-0.39, 0.29) is 12.4 Å². The van der Waals surface area contributed by atoms with Gasteiger partial charge >= 0.3 is 0 Å². The lowest BCUT2D eigenvalue weighted by molar-refractivity contribution is 0.230. The van der Waals surface area contributed by atoms with Crippen LogP contribution in [0.2, 0.25) is 0 Å². The minimum absolute atomic E-state index is 0. The first-order chi connectivity index (χ1) is 4.25. The molecule has 0 aromatic rings. The van der Waals surface area contributed by atoms with Crippen molar-refractivity contribution in [1.29, 1.82) is 0 Å².